The van der Waals surface area contributed by atoms with Gasteiger partial charge in [-0.15, -0.1) is 0 Å². The molecule has 0 N–H and O–H groups in total. The second-order valence-electron chi connectivity index (χ2n) is 8.24. The quantitative estimate of drug-likeness (QED) is 0.569. The van der Waals surface area contributed by atoms with Crippen molar-refractivity contribution in [1.29, 1.82) is 0 Å². The Labute approximate surface area is 192 Å². The summed E-state index contributed by atoms with van der Waals surface area (Å²) in [4.78, 5) is 17.8. The largest absolute Gasteiger partial charge is 0.377 e. The molecular weight excluding hydrogens is 446 g/mol. The maximum atomic E-state index is 12.9. The molecule has 1 atom stereocenters. The number of sulfonamides is 1. The van der Waals surface area contributed by atoms with Crippen LogP contribution >= 0.6 is 11.3 Å². The molecular formula is C23H27N3O4S2. The third-order valence-electron chi connectivity index (χ3n) is 5.73. The van der Waals surface area contributed by atoms with E-state index in [0.717, 1.165) is 34.2 Å². The minimum absolute atomic E-state index is 0.0658. The zero-order valence-corrected chi connectivity index (χ0v) is 20.3. The lowest BCUT2D eigenvalue weighted by Gasteiger charge is -2.20. The van der Waals surface area contributed by atoms with Crippen molar-refractivity contribution in [1.82, 2.24) is 8.87 Å². The first kappa shape index (κ1) is 22.8. The molecule has 9 heteroatoms. The van der Waals surface area contributed by atoms with Crippen molar-refractivity contribution < 1.29 is 17.9 Å². The lowest BCUT2D eigenvalue weighted by Crippen LogP contribution is -2.34. The minimum atomic E-state index is -3.65. The highest BCUT2D eigenvalue weighted by Gasteiger charge is 2.26. The number of ether oxygens (including phenoxy) is 1. The third-order valence-corrected chi connectivity index (χ3v) is 8.85. The number of fused-ring (bicyclic) bond motifs is 1. The Kier molecular flexibility index (Phi) is 6.35. The molecule has 1 unspecified atom stereocenters. The van der Waals surface area contributed by atoms with Crippen LogP contribution in [0.5, 0.6) is 0 Å². The molecule has 1 aliphatic rings. The Morgan fingerprint density at radius 3 is 2.62 bits per heavy atom. The fraction of sp³-hybridized carbons (Fsp3) is 0.391. The van der Waals surface area contributed by atoms with Crippen LogP contribution in [0.2, 0.25) is 0 Å². The van der Waals surface area contributed by atoms with Crippen molar-refractivity contribution in [3.05, 3.63) is 57.9 Å². The molecule has 1 aliphatic heterocycles. The normalized spacial score (nSPS) is 17.5. The Hall–Kier alpha value is -2.33. The highest BCUT2D eigenvalue weighted by molar-refractivity contribution is 7.89. The zero-order chi connectivity index (χ0) is 23.0. The van der Waals surface area contributed by atoms with E-state index in [2.05, 4.69) is 17.1 Å². The van der Waals surface area contributed by atoms with E-state index >= 15 is 0 Å². The van der Waals surface area contributed by atoms with Gasteiger partial charge in [-0.25, -0.2) is 8.42 Å². The molecule has 0 bridgehead atoms. The summed E-state index contributed by atoms with van der Waals surface area (Å²) < 4.78 is 35.6. The average Bonchev–Trinajstić information content (AvgIpc) is 3.37. The summed E-state index contributed by atoms with van der Waals surface area (Å²) in [6.07, 6.45) is 1.75. The van der Waals surface area contributed by atoms with Crippen LogP contribution in [0, 0.1) is 13.8 Å². The third kappa shape index (κ3) is 4.43. The molecule has 170 valence electrons. The van der Waals surface area contributed by atoms with E-state index in [0.29, 0.717) is 23.5 Å². The lowest BCUT2D eigenvalue weighted by atomic mass is 10.1. The monoisotopic (exact) mass is 473 g/mol. The van der Waals surface area contributed by atoms with Gasteiger partial charge in [-0.2, -0.15) is 9.30 Å². The second-order valence-corrected chi connectivity index (χ2v) is 11.3. The summed E-state index contributed by atoms with van der Waals surface area (Å²) in [5.74, 6) is -0.404. The highest BCUT2D eigenvalue weighted by atomic mass is 32.2. The van der Waals surface area contributed by atoms with Gasteiger partial charge in [0.2, 0.25) is 10.0 Å². The molecule has 2 aromatic carbocycles. The summed E-state index contributed by atoms with van der Waals surface area (Å²) in [5, 5.41) is 0. The first-order chi connectivity index (χ1) is 15.2. The Bertz CT molecular complexity index is 1330. The standard InChI is InChI=1S/C23H27N3O4S2/c1-15-12-16(2)21-20(13-15)26(4)23(31-21)24-22(27)17-7-9-19(10-8-17)32(28,29)25(3)14-18-6-5-11-30-18/h7-10,12-13,18H,5-6,11,14H2,1-4H3. The van der Waals surface area contributed by atoms with Gasteiger partial charge < -0.3 is 9.30 Å². The number of hydrogen-bond acceptors (Lipinski definition) is 5. The Morgan fingerprint density at radius 2 is 1.97 bits per heavy atom. The number of hydrogen-bond donors (Lipinski definition) is 0. The Balaban J connectivity index is 1.58. The number of amides is 1. The smallest absolute Gasteiger partial charge is 0.279 e. The van der Waals surface area contributed by atoms with E-state index < -0.39 is 15.9 Å². The SMILES string of the molecule is Cc1cc(C)c2sc(=NC(=O)c3ccc(S(=O)(=O)N(C)CC4CCCO4)cc3)n(C)c2c1. The number of aromatic nitrogens is 1. The van der Waals surface area contributed by atoms with Gasteiger partial charge in [0.15, 0.2) is 4.80 Å². The fourth-order valence-electron chi connectivity index (χ4n) is 3.95. The number of thiazole rings is 1. The van der Waals surface area contributed by atoms with Crippen LogP contribution in [-0.2, 0) is 21.8 Å². The predicted octanol–water partition coefficient (Wildman–Crippen LogP) is 3.40. The van der Waals surface area contributed by atoms with Gasteiger partial charge in [0.05, 0.1) is 21.2 Å². The van der Waals surface area contributed by atoms with Crippen molar-refractivity contribution in [2.24, 2.45) is 12.0 Å². The van der Waals surface area contributed by atoms with Crippen LogP contribution in [0.15, 0.2) is 46.3 Å². The molecule has 1 amide bonds. The van der Waals surface area contributed by atoms with E-state index in [9.17, 15) is 13.2 Å². The Morgan fingerprint density at radius 1 is 1.25 bits per heavy atom. The number of benzene rings is 2. The zero-order valence-electron chi connectivity index (χ0n) is 18.7. The maximum Gasteiger partial charge on any atom is 0.279 e. The van der Waals surface area contributed by atoms with Gasteiger partial charge in [-0.1, -0.05) is 17.4 Å². The van der Waals surface area contributed by atoms with Crippen LogP contribution in [0.25, 0.3) is 10.2 Å². The number of aryl methyl sites for hydroxylation is 3. The van der Waals surface area contributed by atoms with E-state index in [1.54, 1.807) is 7.05 Å². The number of rotatable bonds is 5. The fourth-order valence-corrected chi connectivity index (χ4v) is 6.22. The van der Waals surface area contributed by atoms with Gasteiger partial charge in [0.1, 0.15) is 0 Å². The molecule has 4 rings (SSSR count). The number of likely N-dealkylation sites (N-methyl/N-ethyl adjacent to an activating group) is 1. The van der Waals surface area contributed by atoms with Crippen molar-refractivity contribution in [3.63, 3.8) is 0 Å². The highest BCUT2D eigenvalue weighted by Crippen LogP contribution is 2.23. The molecule has 1 fully saturated rings. The van der Waals surface area contributed by atoms with Gasteiger partial charge in [0, 0.05) is 32.8 Å². The van der Waals surface area contributed by atoms with E-state index in [1.807, 2.05) is 25.5 Å². The van der Waals surface area contributed by atoms with Crippen LogP contribution in [0.4, 0.5) is 0 Å². The van der Waals surface area contributed by atoms with Crippen molar-refractivity contribution >= 4 is 37.5 Å². The molecule has 1 aromatic heterocycles. The first-order valence-electron chi connectivity index (χ1n) is 10.5. The first-order valence-corrected chi connectivity index (χ1v) is 12.8. The van der Waals surface area contributed by atoms with Gasteiger partial charge in [0.25, 0.3) is 5.91 Å². The maximum absolute atomic E-state index is 12.9. The molecule has 0 spiro atoms. The molecule has 0 saturated carbocycles. The second kappa shape index (κ2) is 8.90. The van der Waals surface area contributed by atoms with Crippen LogP contribution in [0.3, 0.4) is 0 Å². The van der Waals surface area contributed by atoms with Crippen LogP contribution in [0.1, 0.15) is 34.3 Å². The molecule has 2 heterocycles. The molecule has 32 heavy (non-hydrogen) atoms. The van der Waals surface area contributed by atoms with Gasteiger partial charge >= 0.3 is 0 Å². The van der Waals surface area contributed by atoms with Crippen LogP contribution < -0.4 is 4.80 Å². The molecule has 7 nitrogen and oxygen atoms in total. The van der Waals surface area contributed by atoms with Crippen LogP contribution in [-0.4, -0.2) is 49.5 Å². The van der Waals surface area contributed by atoms with E-state index in [1.165, 1.54) is 39.9 Å². The molecule has 0 radical (unpaired) electrons. The predicted molar refractivity (Wildman–Crippen MR) is 125 cm³/mol. The number of carbonyl (C=O) groups is 1. The van der Waals surface area contributed by atoms with Crippen molar-refractivity contribution in [2.45, 2.75) is 37.7 Å². The average molecular weight is 474 g/mol. The van der Waals surface area contributed by atoms with Crippen molar-refractivity contribution in [3.8, 4) is 0 Å². The summed E-state index contributed by atoms with van der Waals surface area (Å²) in [5.41, 5.74) is 3.68. The molecule has 3 aromatic rings. The van der Waals surface area contributed by atoms with E-state index in [4.69, 9.17) is 4.74 Å². The molecule has 1 saturated heterocycles. The molecule has 0 aliphatic carbocycles. The topological polar surface area (TPSA) is 81.0 Å². The minimum Gasteiger partial charge on any atom is -0.377 e. The summed E-state index contributed by atoms with van der Waals surface area (Å²) in [6, 6.07) is 10.1. The summed E-state index contributed by atoms with van der Waals surface area (Å²) in [6.45, 7) is 5.08. The number of nitrogens with zero attached hydrogens (tertiary/aromatic N) is 3. The number of carbonyl (C=O) groups excluding carboxylic acids is 1. The summed E-state index contributed by atoms with van der Waals surface area (Å²) in [7, 11) is -0.207. The van der Waals surface area contributed by atoms with Gasteiger partial charge in [-0.3, -0.25) is 4.79 Å². The summed E-state index contributed by atoms with van der Waals surface area (Å²) >= 11 is 1.47. The van der Waals surface area contributed by atoms with Crippen molar-refractivity contribution in [2.75, 3.05) is 20.2 Å². The van der Waals surface area contributed by atoms with E-state index in [-0.39, 0.29) is 11.0 Å². The lowest BCUT2D eigenvalue weighted by molar-refractivity contribution is 0.0979. The van der Waals surface area contributed by atoms with Gasteiger partial charge in [-0.05, 0) is 68.1 Å².